The number of benzene rings is 1. The third kappa shape index (κ3) is 4.05. The molecule has 0 atom stereocenters. The first-order valence-corrected chi connectivity index (χ1v) is 13.0. The van der Waals surface area contributed by atoms with Crippen molar-refractivity contribution < 1.29 is 14.3 Å². The predicted octanol–water partition coefficient (Wildman–Crippen LogP) is 5.94. The number of carbonyl (C=O) groups excluding carboxylic acids is 2. The summed E-state index contributed by atoms with van der Waals surface area (Å²) in [6.45, 7) is -0.115. The van der Waals surface area contributed by atoms with Gasteiger partial charge in [0.25, 0.3) is 0 Å². The monoisotopic (exact) mass is 472 g/mol. The Balaban J connectivity index is 1.15. The topological polar surface area (TPSA) is 61.2 Å². The zero-order valence-corrected chi connectivity index (χ0v) is 19.9. The molecule has 4 fully saturated rings. The second kappa shape index (κ2) is 8.66. The van der Waals surface area contributed by atoms with Gasteiger partial charge in [-0.05, 0) is 85.9 Å². The summed E-state index contributed by atoms with van der Waals surface area (Å²) >= 11 is 1.60. The first-order chi connectivity index (χ1) is 16.6. The van der Waals surface area contributed by atoms with E-state index in [1.54, 1.807) is 17.4 Å². The third-order valence-electron chi connectivity index (χ3n) is 7.89. The number of esters is 1. The Morgan fingerprint density at radius 3 is 2.38 bits per heavy atom. The minimum Gasteiger partial charge on any atom is -0.455 e. The number of rotatable bonds is 7. The molecule has 2 aromatic heterocycles. The average Bonchev–Trinajstić information content (AvgIpc) is 3.51. The van der Waals surface area contributed by atoms with Crippen molar-refractivity contribution in [1.82, 2.24) is 9.78 Å². The van der Waals surface area contributed by atoms with Gasteiger partial charge in [-0.3, -0.25) is 4.79 Å². The summed E-state index contributed by atoms with van der Waals surface area (Å²) in [5.74, 6) is 1.74. The zero-order valence-electron chi connectivity index (χ0n) is 19.1. The summed E-state index contributed by atoms with van der Waals surface area (Å²) in [6, 6.07) is 13.9. The molecule has 0 spiro atoms. The highest BCUT2D eigenvalue weighted by Gasteiger charge is 2.54. The first kappa shape index (κ1) is 21.5. The van der Waals surface area contributed by atoms with Gasteiger partial charge in [0.05, 0.1) is 10.6 Å². The maximum Gasteiger partial charge on any atom is 0.331 e. The van der Waals surface area contributed by atoms with Gasteiger partial charge in [-0.2, -0.15) is 5.10 Å². The van der Waals surface area contributed by atoms with Crippen molar-refractivity contribution in [2.75, 3.05) is 6.61 Å². The molecule has 0 unspecified atom stereocenters. The van der Waals surface area contributed by atoms with Crippen LogP contribution in [0.2, 0.25) is 0 Å². The molecule has 0 saturated heterocycles. The molecule has 0 aliphatic heterocycles. The number of nitrogens with zero attached hydrogens (tertiary/aromatic N) is 2. The average molecular weight is 473 g/mol. The van der Waals surface area contributed by atoms with E-state index in [0.29, 0.717) is 17.8 Å². The van der Waals surface area contributed by atoms with Gasteiger partial charge in [0, 0.05) is 23.3 Å². The lowest BCUT2D eigenvalue weighted by molar-refractivity contribution is -0.155. The fraction of sp³-hybridized carbons (Fsp3) is 0.393. The Hall–Kier alpha value is -2.99. The van der Waals surface area contributed by atoms with Crippen LogP contribution in [0.4, 0.5) is 0 Å². The smallest absolute Gasteiger partial charge is 0.331 e. The Morgan fingerprint density at radius 1 is 1.03 bits per heavy atom. The zero-order chi connectivity index (χ0) is 23.1. The molecular formula is C28H28N2O3S. The molecule has 2 heterocycles. The third-order valence-corrected chi connectivity index (χ3v) is 8.77. The van der Waals surface area contributed by atoms with E-state index in [1.165, 1.54) is 25.3 Å². The molecule has 4 saturated carbocycles. The van der Waals surface area contributed by atoms with Crippen LogP contribution < -0.4 is 0 Å². The van der Waals surface area contributed by atoms with E-state index < -0.39 is 5.97 Å². The normalized spacial score (nSPS) is 27.4. The molecule has 5 nitrogen and oxygen atoms in total. The van der Waals surface area contributed by atoms with E-state index in [4.69, 9.17) is 9.84 Å². The van der Waals surface area contributed by atoms with Crippen molar-refractivity contribution in [3.63, 3.8) is 0 Å². The first-order valence-electron chi connectivity index (χ1n) is 12.2. The summed E-state index contributed by atoms with van der Waals surface area (Å²) in [5, 5.41) is 6.76. The van der Waals surface area contributed by atoms with Crippen LogP contribution in [0.1, 0.15) is 44.1 Å². The molecule has 1 aromatic carbocycles. The summed E-state index contributed by atoms with van der Waals surface area (Å²) in [4.78, 5) is 26.7. The standard InChI is InChI=1S/C28H28N2O3S/c31-25(28-14-19-11-20(15-28)13-21(12-19)16-28)18-33-26(32)9-8-22-17-30(23-5-2-1-3-6-23)29-27(22)24-7-4-10-34-24/h1-10,17,19-21H,11-16,18H2. The fourth-order valence-electron chi connectivity index (χ4n) is 6.77. The summed E-state index contributed by atoms with van der Waals surface area (Å²) in [6.07, 6.45) is 11.9. The van der Waals surface area contributed by atoms with E-state index in [-0.39, 0.29) is 17.8 Å². The number of hydrogen-bond donors (Lipinski definition) is 0. The van der Waals surface area contributed by atoms with Gasteiger partial charge in [-0.1, -0.05) is 24.3 Å². The van der Waals surface area contributed by atoms with Crippen molar-refractivity contribution in [3.05, 3.63) is 65.7 Å². The van der Waals surface area contributed by atoms with Crippen LogP contribution in [0.15, 0.2) is 60.1 Å². The molecule has 0 radical (unpaired) electrons. The van der Waals surface area contributed by atoms with Crippen LogP contribution in [0.25, 0.3) is 22.3 Å². The second-order valence-corrected chi connectivity index (χ2v) is 11.2. The van der Waals surface area contributed by atoms with Crippen LogP contribution in [-0.2, 0) is 14.3 Å². The SMILES string of the molecule is O=C(C=Cc1cn(-c2ccccc2)nc1-c1cccs1)OCC(=O)C12CC3CC(CC(C3)C1)C2. The van der Waals surface area contributed by atoms with Gasteiger partial charge >= 0.3 is 5.97 Å². The van der Waals surface area contributed by atoms with Crippen molar-refractivity contribution in [2.45, 2.75) is 38.5 Å². The molecule has 3 aromatic rings. The summed E-state index contributed by atoms with van der Waals surface area (Å²) < 4.78 is 7.25. The van der Waals surface area contributed by atoms with Crippen LogP contribution in [0, 0.1) is 23.2 Å². The Bertz CT molecular complexity index is 1190. The summed E-state index contributed by atoms with van der Waals surface area (Å²) in [5.41, 5.74) is 2.36. The Labute approximate surface area is 203 Å². The van der Waals surface area contributed by atoms with Crippen molar-refractivity contribution in [2.24, 2.45) is 23.2 Å². The highest BCUT2D eigenvalue weighted by atomic mass is 32.1. The van der Waals surface area contributed by atoms with Gasteiger partial charge < -0.3 is 4.74 Å². The van der Waals surface area contributed by atoms with Crippen LogP contribution in [-0.4, -0.2) is 28.1 Å². The van der Waals surface area contributed by atoms with Crippen molar-refractivity contribution in [1.29, 1.82) is 0 Å². The minimum atomic E-state index is -0.484. The van der Waals surface area contributed by atoms with Crippen molar-refractivity contribution in [3.8, 4) is 16.3 Å². The van der Waals surface area contributed by atoms with E-state index in [9.17, 15) is 9.59 Å². The van der Waals surface area contributed by atoms with Gasteiger partial charge in [0.1, 0.15) is 5.69 Å². The molecule has 4 bridgehead atoms. The van der Waals surface area contributed by atoms with Gasteiger partial charge in [0.2, 0.25) is 0 Å². The number of ketones is 1. The highest BCUT2D eigenvalue weighted by molar-refractivity contribution is 7.13. The van der Waals surface area contributed by atoms with Crippen molar-refractivity contribution >= 4 is 29.2 Å². The van der Waals surface area contributed by atoms with E-state index in [0.717, 1.165) is 41.1 Å². The number of para-hydroxylation sites is 1. The van der Waals surface area contributed by atoms with Crippen LogP contribution in [0.3, 0.4) is 0 Å². The maximum absolute atomic E-state index is 13.1. The quantitative estimate of drug-likeness (QED) is 0.315. The number of aromatic nitrogens is 2. The number of Topliss-reactive ketones (excluding diaryl/α,β-unsaturated/α-hetero) is 1. The lowest BCUT2D eigenvalue weighted by atomic mass is 9.48. The molecule has 6 heteroatoms. The number of thiophene rings is 1. The largest absolute Gasteiger partial charge is 0.455 e. The predicted molar refractivity (Wildman–Crippen MR) is 132 cm³/mol. The molecule has 4 aliphatic carbocycles. The van der Waals surface area contributed by atoms with Gasteiger partial charge in [-0.25, -0.2) is 9.48 Å². The molecule has 34 heavy (non-hydrogen) atoms. The molecule has 0 amide bonds. The Kier molecular flexibility index (Phi) is 5.48. The van der Waals surface area contributed by atoms with E-state index in [2.05, 4.69) is 0 Å². The summed E-state index contributed by atoms with van der Waals surface area (Å²) in [7, 11) is 0. The molecule has 4 aliphatic rings. The van der Waals surface area contributed by atoms with E-state index in [1.807, 2.05) is 58.7 Å². The van der Waals surface area contributed by atoms with Gasteiger partial charge in [-0.15, -0.1) is 11.3 Å². The lowest BCUT2D eigenvalue weighted by Gasteiger charge is -2.55. The van der Waals surface area contributed by atoms with Gasteiger partial charge in [0.15, 0.2) is 12.4 Å². The Morgan fingerprint density at radius 2 is 1.74 bits per heavy atom. The highest BCUT2D eigenvalue weighted by Crippen LogP contribution is 2.60. The molecule has 174 valence electrons. The minimum absolute atomic E-state index is 0.115. The molecular weight excluding hydrogens is 444 g/mol. The number of hydrogen-bond acceptors (Lipinski definition) is 5. The number of ether oxygens (including phenoxy) is 1. The van der Waals surface area contributed by atoms with Crippen LogP contribution >= 0.6 is 11.3 Å². The van der Waals surface area contributed by atoms with Crippen LogP contribution in [0.5, 0.6) is 0 Å². The number of carbonyl (C=O) groups is 2. The molecule has 7 rings (SSSR count). The molecule has 0 N–H and O–H groups in total. The van der Waals surface area contributed by atoms with E-state index >= 15 is 0 Å². The lowest BCUT2D eigenvalue weighted by Crippen LogP contribution is -2.51. The second-order valence-electron chi connectivity index (χ2n) is 10.3. The maximum atomic E-state index is 13.1. The fourth-order valence-corrected chi connectivity index (χ4v) is 7.51.